The summed E-state index contributed by atoms with van der Waals surface area (Å²) in [5.74, 6) is -0.986. The van der Waals surface area contributed by atoms with Gasteiger partial charge in [0.2, 0.25) is 0 Å². The van der Waals surface area contributed by atoms with Gasteiger partial charge in [-0.1, -0.05) is 42.0 Å². The second-order valence-corrected chi connectivity index (χ2v) is 10.5. The molecule has 172 valence electrons. The number of sulfone groups is 1. The van der Waals surface area contributed by atoms with Gasteiger partial charge in [0.1, 0.15) is 0 Å². The molecular weight excluding hydrogens is 440 g/mol. The molecule has 0 unspecified atom stereocenters. The van der Waals surface area contributed by atoms with Gasteiger partial charge in [0.15, 0.2) is 16.4 Å². The van der Waals surface area contributed by atoms with Crippen molar-refractivity contribution in [1.29, 1.82) is 0 Å². The van der Waals surface area contributed by atoms with Crippen LogP contribution >= 0.6 is 0 Å². The molecule has 7 nitrogen and oxygen atoms in total. The number of nitrogens with zero attached hydrogens (tertiary/aromatic N) is 2. The number of carbonyl (C=O) groups excluding carboxylic acids is 2. The summed E-state index contributed by atoms with van der Waals surface area (Å²) in [7, 11) is -3.13. The first-order chi connectivity index (χ1) is 15.8. The van der Waals surface area contributed by atoms with Crippen LogP contribution in [0.2, 0.25) is 0 Å². The van der Waals surface area contributed by atoms with E-state index in [4.69, 9.17) is 9.72 Å². The minimum absolute atomic E-state index is 0.0464. The molecule has 1 amide bonds. The number of aromatic nitrogens is 1. The molecule has 2 heterocycles. The molecule has 1 saturated heterocycles. The highest BCUT2D eigenvalue weighted by molar-refractivity contribution is 7.91. The van der Waals surface area contributed by atoms with Crippen LogP contribution < -0.4 is 0 Å². The molecule has 3 aromatic rings. The maximum absolute atomic E-state index is 13.1. The van der Waals surface area contributed by atoms with Crippen LogP contribution in [0.3, 0.4) is 0 Å². The number of hydrogen-bond donors (Lipinski definition) is 0. The van der Waals surface area contributed by atoms with Crippen LogP contribution in [-0.2, 0) is 19.4 Å². The molecule has 1 aliphatic rings. The Morgan fingerprint density at radius 3 is 2.55 bits per heavy atom. The molecule has 0 N–H and O–H groups in total. The molecule has 0 aliphatic carbocycles. The fraction of sp³-hybridized carbons (Fsp3) is 0.320. The van der Waals surface area contributed by atoms with Crippen molar-refractivity contribution in [2.24, 2.45) is 0 Å². The summed E-state index contributed by atoms with van der Waals surface area (Å²) in [6, 6.07) is 16.5. The van der Waals surface area contributed by atoms with Crippen molar-refractivity contribution in [3.63, 3.8) is 0 Å². The molecule has 1 aliphatic heterocycles. The molecule has 4 rings (SSSR count). The van der Waals surface area contributed by atoms with Gasteiger partial charge in [-0.15, -0.1) is 0 Å². The van der Waals surface area contributed by atoms with Crippen molar-refractivity contribution < 1.29 is 22.7 Å². The first-order valence-electron chi connectivity index (χ1n) is 10.9. The zero-order valence-corrected chi connectivity index (χ0v) is 19.5. The minimum atomic E-state index is -3.13. The third-order valence-corrected chi connectivity index (χ3v) is 7.64. The van der Waals surface area contributed by atoms with E-state index in [0.717, 1.165) is 11.1 Å². The van der Waals surface area contributed by atoms with E-state index in [1.807, 2.05) is 55.5 Å². The number of likely N-dealkylation sites (N-methyl/N-ethyl adjacent to an activating group) is 1. The van der Waals surface area contributed by atoms with Crippen molar-refractivity contribution in [3.8, 4) is 11.3 Å². The average molecular weight is 467 g/mol. The second kappa shape index (κ2) is 9.31. The van der Waals surface area contributed by atoms with Crippen molar-refractivity contribution in [2.75, 3.05) is 24.7 Å². The van der Waals surface area contributed by atoms with E-state index in [2.05, 4.69) is 0 Å². The summed E-state index contributed by atoms with van der Waals surface area (Å²) >= 11 is 0. The summed E-state index contributed by atoms with van der Waals surface area (Å²) in [5, 5.41) is 0.654. The Morgan fingerprint density at radius 2 is 1.88 bits per heavy atom. The normalized spacial score (nSPS) is 17.1. The van der Waals surface area contributed by atoms with Gasteiger partial charge in [0.25, 0.3) is 5.91 Å². The smallest absolute Gasteiger partial charge is 0.339 e. The maximum Gasteiger partial charge on any atom is 0.339 e. The zero-order chi connectivity index (χ0) is 23.6. The number of fused-ring (bicyclic) bond motifs is 1. The van der Waals surface area contributed by atoms with Gasteiger partial charge in [-0.25, -0.2) is 18.2 Å². The van der Waals surface area contributed by atoms with Crippen molar-refractivity contribution in [2.45, 2.75) is 26.3 Å². The van der Waals surface area contributed by atoms with Crippen LogP contribution in [-0.4, -0.2) is 60.9 Å². The summed E-state index contributed by atoms with van der Waals surface area (Å²) in [6.45, 7) is 3.62. The standard InChI is InChI=1S/C25H26N2O5S/c1-3-27(19-11-12-33(30,31)16-19)24(28)15-32-25(29)21-14-23(18-7-5-4-6-8-18)26-22-10-9-17(2)13-20(21)22/h4-10,13-14,19H,3,11-12,15-16H2,1-2H3/t19-/m1/s1. The van der Waals surface area contributed by atoms with E-state index in [0.29, 0.717) is 35.1 Å². The molecule has 1 aromatic heterocycles. The quantitative estimate of drug-likeness (QED) is 0.517. The highest BCUT2D eigenvalue weighted by Gasteiger charge is 2.34. The van der Waals surface area contributed by atoms with E-state index in [-0.39, 0.29) is 17.5 Å². The number of esters is 1. The van der Waals surface area contributed by atoms with Crippen LogP contribution in [0.1, 0.15) is 29.3 Å². The Bertz CT molecular complexity index is 1310. The fourth-order valence-corrected chi connectivity index (χ4v) is 5.94. The Morgan fingerprint density at radius 1 is 1.12 bits per heavy atom. The summed E-state index contributed by atoms with van der Waals surface area (Å²) in [5.41, 5.74) is 3.47. The monoisotopic (exact) mass is 466 g/mol. The zero-order valence-electron chi connectivity index (χ0n) is 18.7. The lowest BCUT2D eigenvalue weighted by molar-refractivity contribution is -0.136. The summed E-state index contributed by atoms with van der Waals surface area (Å²) in [4.78, 5) is 32.0. The van der Waals surface area contributed by atoms with E-state index < -0.39 is 28.3 Å². The van der Waals surface area contributed by atoms with Gasteiger partial charge in [0.05, 0.1) is 28.3 Å². The summed E-state index contributed by atoms with van der Waals surface area (Å²) < 4.78 is 29.0. The molecule has 0 bridgehead atoms. The summed E-state index contributed by atoms with van der Waals surface area (Å²) in [6.07, 6.45) is 0.407. The van der Waals surface area contributed by atoms with E-state index >= 15 is 0 Å². The predicted octanol–water partition coefficient (Wildman–Crippen LogP) is 3.40. The van der Waals surface area contributed by atoms with E-state index in [1.165, 1.54) is 4.90 Å². The van der Waals surface area contributed by atoms with Gasteiger partial charge < -0.3 is 9.64 Å². The van der Waals surface area contributed by atoms with Crippen molar-refractivity contribution >= 4 is 32.6 Å². The number of amides is 1. The molecule has 8 heteroatoms. The lowest BCUT2D eigenvalue weighted by Crippen LogP contribution is -2.43. The van der Waals surface area contributed by atoms with Crippen molar-refractivity contribution in [3.05, 3.63) is 65.7 Å². The molecule has 1 fully saturated rings. The Kier molecular flexibility index (Phi) is 6.47. The number of hydrogen-bond acceptors (Lipinski definition) is 6. The maximum atomic E-state index is 13.1. The third kappa shape index (κ3) is 5.06. The molecule has 33 heavy (non-hydrogen) atoms. The van der Waals surface area contributed by atoms with Crippen LogP contribution in [0.25, 0.3) is 22.2 Å². The van der Waals surface area contributed by atoms with Crippen LogP contribution in [0.15, 0.2) is 54.6 Å². The molecule has 0 spiro atoms. The number of aryl methyl sites for hydroxylation is 1. The first kappa shape index (κ1) is 22.9. The lowest BCUT2D eigenvalue weighted by atomic mass is 10.0. The first-order valence-corrected chi connectivity index (χ1v) is 12.7. The number of benzene rings is 2. The van der Waals surface area contributed by atoms with Gasteiger partial charge in [-0.05, 0) is 38.5 Å². The number of carbonyl (C=O) groups is 2. The lowest BCUT2D eigenvalue weighted by Gasteiger charge is -2.26. The Labute approximate surface area is 193 Å². The highest BCUT2D eigenvalue weighted by Crippen LogP contribution is 2.26. The number of rotatable bonds is 6. The van der Waals surface area contributed by atoms with Crippen LogP contribution in [0.5, 0.6) is 0 Å². The Balaban J connectivity index is 1.58. The molecule has 0 saturated carbocycles. The topological polar surface area (TPSA) is 93.6 Å². The van der Waals surface area contributed by atoms with E-state index in [9.17, 15) is 18.0 Å². The average Bonchev–Trinajstić information content (AvgIpc) is 3.17. The SMILES string of the molecule is CCN(C(=O)COC(=O)c1cc(-c2ccccc2)nc2ccc(C)cc12)[C@@H]1CCS(=O)(=O)C1. The second-order valence-electron chi connectivity index (χ2n) is 8.25. The third-order valence-electron chi connectivity index (χ3n) is 5.89. The molecule has 1 atom stereocenters. The van der Waals surface area contributed by atoms with Gasteiger partial charge in [0, 0.05) is 23.5 Å². The number of pyridine rings is 1. The van der Waals surface area contributed by atoms with E-state index in [1.54, 1.807) is 13.0 Å². The fourth-order valence-electron chi connectivity index (χ4n) is 4.21. The minimum Gasteiger partial charge on any atom is -0.452 e. The molecule has 2 aromatic carbocycles. The molecule has 0 radical (unpaired) electrons. The van der Waals surface area contributed by atoms with Gasteiger partial charge >= 0.3 is 5.97 Å². The van der Waals surface area contributed by atoms with Crippen molar-refractivity contribution in [1.82, 2.24) is 9.88 Å². The molecular formula is C25H26N2O5S. The predicted molar refractivity (Wildman–Crippen MR) is 127 cm³/mol. The van der Waals surface area contributed by atoms with Gasteiger partial charge in [-0.3, -0.25) is 4.79 Å². The van der Waals surface area contributed by atoms with Crippen LogP contribution in [0.4, 0.5) is 0 Å². The number of ether oxygens (including phenoxy) is 1. The largest absolute Gasteiger partial charge is 0.452 e. The Hall–Kier alpha value is -3.26. The highest BCUT2D eigenvalue weighted by atomic mass is 32.2. The van der Waals surface area contributed by atoms with Crippen LogP contribution in [0, 0.1) is 6.92 Å². The van der Waals surface area contributed by atoms with Gasteiger partial charge in [-0.2, -0.15) is 0 Å².